The van der Waals surface area contributed by atoms with Gasteiger partial charge in [0.05, 0.1) is 12.2 Å². The molecule has 2 aromatic rings. The van der Waals surface area contributed by atoms with Crippen LogP contribution in [-0.2, 0) is 6.54 Å². The Bertz CT molecular complexity index is 575. The average molecular weight is 270 g/mol. The van der Waals surface area contributed by atoms with Gasteiger partial charge in [0.2, 0.25) is 0 Å². The third kappa shape index (κ3) is 3.02. The molecule has 1 aliphatic heterocycles. The predicted molar refractivity (Wildman–Crippen MR) is 81.4 cm³/mol. The molecule has 3 rings (SSSR count). The minimum absolute atomic E-state index is 0.499. The largest absolute Gasteiger partial charge is 0.399 e. The van der Waals surface area contributed by atoms with Crippen molar-refractivity contribution in [2.24, 2.45) is 0 Å². The Labute approximate surface area is 120 Å². The molecule has 1 atom stereocenters. The molecule has 1 aromatic heterocycles. The van der Waals surface area contributed by atoms with Crippen molar-refractivity contribution >= 4 is 5.69 Å². The number of benzene rings is 1. The van der Waals surface area contributed by atoms with Gasteiger partial charge in [0.1, 0.15) is 0 Å². The number of hydrogen-bond acceptors (Lipinski definition) is 3. The molecule has 0 amide bonds. The number of piperidine rings is 1. The molecule has 1 unspecified atom stereocenters. The maximum atomic E-state index is 5.85. The van der Waals surface area contributed by atoms with Gasteiger partial charge in [0, 0.05) is 25.0 Å². The summed E-state index contributed by atoms with van der Waals surface area (Å²) in [7, 11) is 0. The summed E-state index contributed by atoms with van der Waals surface area (Å²) < 4.78 is 2.13. The summed E-state index contributed by atoms with van der Waals surface area (Å²) in [5.74, 6) is 0. The highest BCUT2D eigenvalue weighted by atomic mass is 15.3. The van der Waals surface area contributed by atoms with E-state index in [0.29, 0.717) is 6.04 Å². The van der Waals surface area contributed by atoms with Crippen LogP contribution in [0.1, 0.15) is 30.0 Å². The Morgan fingerprint density at radius 3 is 3.05 bits per heavy atom. The molecule has 4 heteroatoms. The van der Waals surface area contributed by atoms with E-state index in [1.807, 2.05) is 18.3 Å². The van der Waals surface area contributed by atoms with Gasteiger partial charge in [0.15, 0.2) is 0 Å². The number of aryl methyl sites for hydroxylation is 1. The summed E-state index contributed by atoms with van der Waals surface area (Å²) in [5, 5.41) is 4.47. The molecule has 0 saturated carbocycles. The predicted octanol–water partition coefficient (Wildman–Crippen LogP) is 2.61. The van der Waals surface area contributed by atoms with Gasteiger partial charge in [0.25, 0.3) is 0 Å². The molecule has 1 saturated heterocycles. The quantitative estimate of drug-likeness (QED) is 0.872. The maximum Gasteiger partial charge on any atom is 0.0646 e. The average Bonchev–Trinajstić information content (AvgIpc) is 2.86. The van der Waals surface area contributed by atoms with Crippen molar-refractivity contribution in [2.75, 3.05) is 18.8 Å². The molecule has 1 aliphatic rings. The Morgan fingerprint density at radius 2 is 2.30 bits per heavy atom. The molecule has 0 aliphatic carbocycles. The van der Waals surface area contributed by atoms with Gasteiger partial charge in [-0.2, -0.15) is 5.10 Å². The van der Waals surface area contributed by atoms with E-state index in [9.17, 15) is 0 Å². The van der Waals surface area contributed by atoms with Crippen LogP contribution in [0.4, 0.5) is 5.69 Å². The number of rotatable bonds is 3. The normalized spacial score (nSPS) is 20.1. The second-order valence-electron chi connectivity index (χ2n) is 5.77. The van der Waals surface area contributed by atoms with E-state index in [-0.39, 0.29) is 0 Å². The van der Waals surface area contributed by atoms with E-state index >= 15 is 0 Å². The lowest BCUT2D eigenvalue weighted by atomic mass is 10.0. The van der Waals surface area contributed by atoms with E-state index in [1.165, 1.54) is 24.0 Å². The number of hydrogen-bond donors (Lipinski definition) is 1. The van der Waals surface area contributed by atoms with Gasteiger partial charge < -0.3 is 5.73 Å². The van der Waals surface area contributed by atoms with Crippen LogP contribution < -0.4 is 5.73 Å². The summed E-state index contributed by atoms with van der Waals surface area (Å²) >= 11 is 0. The number of nitrogens with zero attached hydrogens (tertiary/aromatic N) is 3. The number of nitrogen functional groups attached to an aromatic ring is 1. The molecular formula is C16H22N4. The van der Waals surface area contributed by atoms with Crippen molar-refractivity contribution in [3.8, 4) is 0 Å². The monoisotopic (exact) mass is 270 g/mol. The molecule has 2 N–H and O–H groups in total. The van der Waals surface area contributed by atoms with E-state index in [4.69, 9.17) is 5.73 Å². The Balaban J connectivity index is 1.66. The van der Waals surface area contributed by atoms with Crippen LogP contribution in [0.25, 0.3) is 0 Å². The molecule has 0 radical (unpaired) electrons. The highest BCUT2D eigenvalue weighted by Gasteiger charge is 2.21. The van der Waals surface area contributed by atoms with Crippen LogP contribution in [0.3, 0.4) is 0 Å². The number of likely N-dealkylation sites (tertiary alicyclic amines) is 1. The SMILES string of the molecule is Cc1cnn(C2CCCN(Cc3cccc(N)c3)C2)c1. The van der Waals surface area contributed by atoms with Crippen molar-refractivity contribution < 1.29 is 0 Å². The smallest absolute Gasteiger partial charge is 0.0646 e. The van der Waals surface area contributed by atoms with Gasteiger partial charge >= 0.3 is 0 Å². The summed E-state index contributed by atoms with van der Waals surface area (Å²) in [6.45, 7) is 5.29. The van der Waals surface area contributed by atoms with Crippen LogP contribution in [-0.4, -0.2) is 27.8 Å². The lowest BCUT2D eigenvalue weighted by molar-refractivity contribution is 0.163. The van der Waals surface area contributed by atoms with Gasteiger partial charge in [-0.1, -0.05) is 12.1 Å². The van der Waals surface area contributed by atoms with Crippen LogP contribution in [0.2, 0.25) is 0 Å². The zero-order valence-corrected chi connectivity index (χ0v) is 12.0. The molecule has 2 heterocycles. The van der Waals surface area contributed by atoms with E-state index in [2.05, 4.69) is 39.9 Å². The molecule has 20 heavy (non-hydrogen) atoms. The molecular weight excluding hydrogens is 248 g/mol. The van der Waals surface area contributed by atoms with Gasteiger partial charge in [-0.05, 0) is 49.6 Å². The highest BCUT2D eigenvalue weighted by molar-refractivity contribution is 5.40. The van der Waals surface area contributed by atoms with E-state index in [1.54, 1.807) is 0 Å². The summed E-state index contributed by atoms with van der Waals surface area (Å²) in [6.07, 6.45) is 6.53. The topological polar surface area (TPSA) is 47.1 Å². The molecule has 106 valence electrons. The van der Waals surface area contributed by atoms with E-state index in [0.717, 1.165) is 25.3 Å². The first kappa shape index (κ1) is 13.2. The number of aromatic nitrogens is 2. The second-order valence-corrected chi connectivity index (χ2v) is 5.77. The zero-order chi connectivity index (χ0) is 13.9. The summed E-state index contributed by atoms with van der Waals surface area (Å²) in [6, 6.07) is 8.69. The zero-order valence-electron chi connectivity index (χ0n) is 12.0. The van der Waals surface area contributed by atoms with Crippen LogP contribution in [0.5, 0.6) is 0 Å². The van der Waals surface area contributed by atoms with Gasteiger partial charge in [-0.15, -0.1) is 0 Å². The van der Waals surface area contributed by atoms with Crippen molar-refractivity contribution in [3.63, 3.8) is 0 Å². The Hall–Kier alpha value is -1.81. The summed E-state index contributed by atoms with van der Waals surface area (Å²) in [5.41, 5.74) is 9.23. The second kappa shape index (κ2) is 5.67. The number of nitrogens with two attached hydrogens (primary N) is 1. The lowest BCUT2D eigenvalue weighted by Crippen LogP contribution is -2.36. The molecule has 4 nitrogen and oxygen atoms in total. The number of anilines is 1. The van der Waals surface area contributed by atoms with Crippen molar-refractivity contribution in [3.05, 3.63) is 47.8 Å². The fraction of sp³-hybridized carbons (Fsp3) is 0.438. The fourth-order valence-corrected chi connectivity index (χ4v) is 2.97. The van der Waals surface area contributed by atoms with Crippen molar-refractivity contribution in [2.45, 2.75) is 32.4 Å². The van der Waals surface area contributed by atoms with Gasteiger partial charge in [-0.3, -0.25) is 9.58 Å². The van der Waals surface area contributed by atoms with Crippen molar-refractivity contribution in [1.82, 2.24) is 14.7 Å². The van der Waals surface area contributed by atoms with Crippen LogP contribution >= 0.6 is 0 Å². The molecule has 0 bridgehead atoms. The maximum absolute atomic E-state index is 5.85. The Morgan fingerprint density at radius 1 is 1.40 bits per heavy atom. The van der Waals surface area contributed by atoms with Crippen molar-refractivity contribution in [1.29, 1.82) is 0 Å². The molecule has 1 fully saturated rings. The first-order chi connectivity index (χ1) is 9.70. The third-order valence-corrected chi connectivity index (χ3v) is 3.94. The lowest BCUT2D eigenvalue weighted by Gasteiger charge is -2.32. The fourth-order valence-electron chi connectivity index (χ4n) is 2.97. The molecule has 0 spiro atoms. The summed E-state index contributed by atoms with van der Waals surface area (Å²) in [4.78, 5) is 2.50. The van der Waals surface area contributed by atoms with Crippen LogP contribution in [0, 0.1) is 6.92 Å². The Kier molecular flexibility index (Phi) is 3.74. The first-order valence-corrected chi connectivity index (χ1v) is 7.28. The minimum Gasteiger partial charge on any atom is -0.399 e. The highest BCUT2D eigenvalue weighted by Crippen LogP contribution is 2.23. The van der Waals surface area contributed by atoms with E-state index < -0.39 is 0 Å². The minimum atomic E-state index is 0.499. The van der Waals surface area contributed by atoms with Crippen LogP contribution in [0.15, 0.2) is 36.7 Å². The standard InChI is InChI=1S/C16H22N4/c1-13-9-18-20(10-13)16-6-3-7-19(12-16)11-14-4-2-5-15(17)8-14/h2,4-5,8-10,16H,3,6-7,11-12,17H2,1H3. The first-order valence-electron chi connectivity index (χ1n) is 7.28. The third-order valence-electron chi connectivity index (χ3n) is 3.94. The van der Waals surface area contributed by atoms with Gasteiger partial charge in [-0.25, -0.2) is 0 Å². The molecule has 1 aromatic carbocycles.